The first-order chi connectivity index (χ1) is 14.1. The van der Waals surface area contributed by atoms with Crippen LogP contribution in [-0.2, 0) is 0 Å². The second-order valence-corrected chi connectivity index (χ2v) is 8.50. The third kappa shape index (κ3) is 4.69. The third-order valence-electron chi connectivity index (χ3n) is 6.34. The van der Waals surface area contributed by atoms with Crippen LogP contribution in [0.2, 0.25) is 0 Å². The number of hydrogen-bond acceptors (Lipinski definition) is 1. The molecule has 2 aromatic rings. The number of benzene rings is 1. The molecule has 0 aliphatic heterocycles. The van der Waals surface area contributed by atoms with E-state index in [9.17, 15) is 9.18 Å². The van der Waals surface area contributed by atoms with Crippen molar-refractivity contribution >= 4 is 5.91 Å². The summed E-state index contributed by atoms with van der Waals surface area (Å²) in [5.41, 5.74) is 3.52. The van der Waals surface area contributed by atoms with Gasteiger partial charge < -0.3 is 10.3 Å². The number of carbonyl (C=O) groups excluding carboxylic acids is 1. The molecule has 1 unspecified atom stereocenters. The van der Waals surface area contributed by atoms with Crippen LogP contribution in [0.5, 0.6) is 0 Å². The minimum absolute atomic E-state index is 0.0976. The highest BCUT2D eigenvalue weighted by Gasteiger charge is 2.24. The van der Waals surface area contributed by atoms with Crippen LogP contribution in [0.15, 0.2) is 60.5 Å². The molecule has 1 saturated carbocycles. The van der Waals surface area contributed by atoms with E-state index in [1.54, 1.807) is 18.5 Å². The van der Waals surface area contributed by atoms with Gasteiger partial charge in [-0.15, -0.1) is 0 Å². The Hall–Kier alpha value is -2.62. The summed E-state index contributed by atoms with van der Waals surface area (Å²) in [4.78, 5) is 15.7. The fourth-order valence-electron chi connectivity index (χ4n) is 4.53. The van der Waals surface area contributed by atoms with Gasteiger partial charge in [-0.2, -0.15) is 0 Å². The maximum Gasteiger partial charge on any atom is 0.253 e. The molecule has 1 aromatic heterocycles. The molecular formula is C25H29FN2O. The average Bonchev–Trinajstić information content (AvgIpc) is 3.23. The van der Waals surface area contributed by atoms with E-state index < -0.39 is 0 Å². The molecule has 3 nitrogen and oxygen atoms in total. The van der Waals surface area contributed by atoms with E-state index in [1.807, 2.05) is 6.07 Å². The lowest BCUT2D eigenvalue weighted by molar-refractivity contribution is 0.0943. The molecule has 0 spiro atoms. The molecule has 1 atom stereocenters. The molecule has 0 radical (unpaired) electrons. The van der Waals surface area contributed by atoms with Crippen molar-refractivity contribution < 1.29 is 9.18 Å². The second kappa shape index (κ2) is 8.81. The van der Waals surface area contributed by atoms with Crippen LogP contribution in [0, 0.1) is 23.6 Å². The Morgan fingerprint density at radius 1 is 1.21 bits per heavy atom. The van der Waals surface area contributed by atoms with E-state index >= 15 is 0 Å². The topological polar surface area (TPSA) is 44.9 Å². The first-order valence-corrected chi connectivity index (χ1v) is 10.7. The predicted molar refractivity (Wildman–Crippen MR) is 115 cm³/mol. The van der Waals surface area contributed by atoms with Crippen molar-refractivity contribution in [1.29, 1.82) is 0 Å². The van der Waals surface area contributed by atoms with E-state index in [0.29, 0.717) is 35.4 Å². The van der Waals surface area contributed by atoms with Crippen LogP contribution >= 0.6 is 0 Å². The number of hydrogen-bond donors (Lipinski definition) is 2. The minimum atomic E-state index is -0.302. The average molecular weight is 393 g/mol. The summed E-state index contributed by atoms with van der Waals surface area (Å²) in [7, 11) is 0. The zero-order chi connectivity index (χ0) is 20.2. The van der Waals surface area contributed by atoms with Crippen molar-refractivity contribution in [3.05, 3.63) is 71.8 Å². The van der Waals surface area contributed by atoms with Gasteiger partial charge in [0.15, 0.2) is 0 Å². The number of allylic oxidation sites excluding steroid dienone is 4. The van der Waals surface area contributed by atoms with Crippen molar-refractivity contribution in [1.82, 2.24) is 10.3 Å². The summed E-state index contributed by atoms with van der Waals surface area (Å²) in [5, 5.41) is 3.10. The quantitative estimate of drug-likeness (QED) is 0.656. The number of rotatable bonds is 5. The van der Waals surface area contributed by atoms with Gasteiger partial charge in [-0.3, -0.25) is 4.79 Å². The Bertz CT molecular complexity index is 918. The molecule has 1 heterocycles. The summed E-state index contributed by atoms with van der Waals surface area (Å²) < 4.78 is 13.5. The molecule has 1 fully saturated rings. The van der Waals surface area contributed by atoms with Crippen LogP contribution in [-0.4, -0.2) is 17.4 Å². The van der Waals surface area contributed by atoms with E-state index in [0.717, 1.165) is 24.8 Å². The van der Waals surface area contributed by atoms with Crippen molar-refractivity contribution in [2.45, 2.75) is 39.0 Å². The van der Waals surface area contributed by atoms with Gasteiger partial charge in [0.05, 0.1) is 5.56 Å². The zero-order valence-electron chi connectivity index (χ0n) is 17.0. The van der Waals surface area contributed by atoms with E-state index in [2.05, 4.69) is 35.5 Å². The smallest absolute Gasteiger partial charge is 0.253 e. The summed E-state index contributed by atoms with van der Waals surface area (Å²) in [5.74, 6) is 1.47. The van der Waals surface area contributed by atoms with Gasteiger partial charge in [-0.25, -0.2) is 4.39 Å². The Morgan fingerprint density at radius 3 is 2.76 bits per heavy atom. The Labute approximate surface area is 172 Å². The number of nitrogens with one attached hydrogen (secondary N) is 2. The van der Waals surface area contributed by atoms with Crippen LogP contribution in [0.3, 0.4) is 0 Å². The molecule has 152 valence electrons. The lowest BCUT2D eigenvalue weighted by atomic mass is 9.76. The molecule has 4 heteroatoms. The summed E-state index contributed by atoms with van der Waals surface area (Å²) >= 11 is 0. The Kier molecular flexibility index (Phi) is 5.98. The molecule has 4 rings (SSSR count). The maximum atomic E-state index is 13.5. The van der Waals surface area contributed by atoms with Gasteiger partial charge in [-0.1, -0.05) is 37.3 Å². The van der Waals surface area contributed by atoms with Gasteiger partial charge in [0.1, 0.15) is 5.82 Å². The standard InChI is InChI=1S/C25H29FN2O/c1-17-5-9-19(10-6-17)20-11-7-18(8-12-20)14-28-25(29)24-16-27-15-23(24)21-3-2-4-22(26)13-21/h2-5,9-10,13,15-18,20,27H,6-8,11-12,14H2,1H3,(H,28,29). The number of carbonyl (C=O) groups is 1. The van der Waals surface area contributed by atoms with Crippen molar-refractivity contribution in [3.8, 4) is 11.1 Å². The molecular weight excluding hydrogens is 363 g/mol. The highest BCUT2D eigenvalue weighted by Crippen LogP contribution is 2.35. The third-order valence-corrected chi connectivity index (χ3v) is 6.34. The molecule has 29 heavy (non-hydrogen) atoms. The highest BCUT2D eigenvalue weighted by molar-refractivity contribution is 6.00. The maximum absolute atomic E-state index is 13.5. The molecule has 2 N–H and O–H groups in total. The molecule has 1 aromatic carbocycles. The van der Waals surface area contributed by atoms with Crippen LogP contribution in [0.25, 0.3) is 11.1 Å². The van der Waals surface area contributed by atoms with Gasteiger partial charge >= 0.3 is 0 Å². The molecule has 0 saturated heterocycles. The van der Waals surface area contributed by atoms with E-state index in [1.165, 1.54) is 30.5 Å². The fourth-order valence-corrected chi connectivity index (χ4v) is 4.53. The monoisotopic (exact) mass is 392 g/mol. The summed E-state index contributed by atoms with van der Waals surface area (Å²) in [6, 6.07) is 6.34. The van der Waals surface area contributed by atoms with Crippen molar-refractivity contribution in [3.63, 3.8) is 0 Å². The summed E-state index contributed by atoms with van der Waals surface area (Å²) in [6.07, 6.45) is 16.4. The van der Waals surface area contributed by atoms with E-state index in [4.69, 9.17) is 0 Å². The number of halogens is 1. The fraction of sp³-hybridized carbons (Fsp3) is 0.400. The first-order valence-electron chi connectivity index (χ1n) is 10.7. The Morgan fingerprint density at radius 2 is 2.03 bits per heavy atom. The number of amides is 1. The van der Waals surface area contributed by atoms with Crippen molar-refractivity contribution in [2.24, 2.45) is 17.8 Å². The first kappa shape index (κ1) is 19.7. The van der Waals surface area contributed by atoms with Crippen LogP contribution < -0.4 is 5.32 Å². The number of aromatic amines is 1. The SMILES string of the molecule is CC1C=CC(C2CCC(CNC(=O)c3c[nH]cc3-c3cccc(F)c3)CC2)=CC1. The van der Waals surface area contributed by atoms with Crippen molar-refractivity contribution in [2.75, 3.05) is 6.54 Å². The normalized spacial score (nSPS) is 24.2. The minimum Gasteiger partial charge on any atom is -0.366 e. The molecule has 2 aliphatic rings. The van der Waals surface area contributed by atoms with Gasteiger partial charge in [0.25, 0.3) is 5.91 Å². The summed E-state index contributed by atoms with van der Waals surface area (Å²) in [6.45, 7) is 2.96. The number of aromatic nitrogens is 1. The highest BCUT2D eigenvalue weighted by atomic mass is 19.1. The molecule has 2 aliphatic carbocycles. The van der Waals surface area contributed by atoms with Gasteiger partial charge in [0.2, 0.25) is 0 Å². The second-order valence-electron chi connectivity index (χ2n) is 8.50. The number of H-pyrrole nitrogens is 1. The van der Waals surface area contributed by atoms with Gasteiger partial charge in [-0.05, 0) is 73.1 Å². The largest absolute Gasteiger partial charge is 0.366 e. The molecule has 0 bridgehead atoms. The van der Waals surface area contributed by atoms with E-state index in [-0.39, 0.29) is 11.7 Å². The lowest BCUT2D eigenvalue weighted by Crippen LogP contribution is -2.31. The van der Waals surface area contributed by atoms with Gasteiger partial charge in [0, 0.05) is 24.5 Å². The van der Waals surface area contributed by atoms with Crippen LogP contribution in [0.4, 0.5) is 4.39 Å². The lowest BCUT2D eigenvalue weighted by Gasteiger charge is -2.30. The Balaban J connectivity index is 1.30. The predicted octanol–water partition coefficient (Wildman–Crippen LogP) is 5.88. The molecule has 1 amide bonds. The van der Waals surface area contributed by atoms with Crippen LogP contribution in [0.1, 0.15) is 49.4 Å². The zero-order valence-corrected chi connectivity index (χ0v) is 17.0.